The summed E-state index contributed by atoms with van der Waals surface area (Å²) in [6, 6.07) is 21.5. The zero-order valence-electron chi connectivity index (χ0n) is 16.3. The van der Waals surface area contributed by atoms with E-state index in [0.29, 0.717) is 23.3 Å². The Morgan fingerprint density at radius 1 is 1.03 bits per heavy atom. The SMILES string of the molecule is CSc1ccc(NC(=O)CSc2nnc(-c3ccco3)n2Cc2ccccc2)cc1. The minimum atomic E-state index is -0.0919. The van der Waals surface area contributed by atoms with Crippen LogP contribution in [0.25, 0.3) is 11.6 Å². The van der Waals surface area contributed by atoms with Crippen molar-refractivity contribution >= 4 is 35.1 Å². The van der Waals surface area contributed by atoms with Crippen molar-refractivity contribution in [2.24, 2.45) is 0 Å². The van der Waals surface area contributed by atoms with E-state index in [0.717, 1.165) is 16.1 Å². The first-order valence-electron chi connectivity index (χ1n) is 9.30. The van der Waals surface area contributed by atoms with Gasteiger partial charge in [0.25, 0.3) is 0 Å². The molecular formula is C22H20N4O2S2. The number of carbonyl (C=O) groups is 1. The molecule has 30 heavy (non-hydrogen) atoms. The number of carbonyl (C=O) groups excluding carboxylic acids is 1. The second kappa shape index (κ2) is 9.69. The molecular weight excluding hydrogens is 416 g/mol. The van der Waals surface area contributed by atoms with Crippen molar-refractivity contribution < 1.29 is 9.21 Å². The number of furan rings is 1. The maximum atomic E-state index is 12.4. The lowest BCUT2D eigenvalue weighted by Crippen LogP contribution is -2.14. The highest BCUT2D eigenvalue weighted by atomic mass is 32.2. The van der Waals surface area contributed by atoms with Crippen molar-refractivity contribution in [3.05, 3.63) is 78.6 Å². The van der Waals surface area contributed by atoms with Gasteiger partial charge in [0.2, 0.25) is 11.7 Å². The maximum Gasteiger partial charge on any atom is 0.234 e. The molecule has 8 heteroatoms. The fraction of sp³-hybridized carbons (Fsp3) is 0.136. The van der Waals surface area contributed by atoms with Gasteiger partial charge in [-0.05, 0) is 48.2 Å². The number of aromatic nitrogens is 3. The van der Waals surface area contributed by atoms with E-state index in [4.69, 9.17) is 4.42 Å². The summed E-state index contributed by atoms with van der Waals surface area (Å²) in [5.41, 5.74) is 1.89. The zero-order chi connectivity index (χ0) is 20.8. The van der Waals surface area contributed by atoms with Gasteiger partial charge >= 0.3 is 0 Å². The summed E-state index contributed by atoms with van der Waals surface area (Å²) in [5, 5.41) is 12.2. The minimum absolute atomic E-state index is 0.0919. The summed E-state index contributed by atoms with van der Waals surface area (Å²) in [4.78, 5) is 13.6. The number of thioether (sulfide) groups is 2. The van der Waals surface area contributed by atoms with E-state index in [1.807, 2.05) is 77.6 Å². The Kier molecular flexibility index (Phi) is 6.56. The van der Waals surface area contributed by atoms with Crippen molar-refractivity contribution in [2.75, 3.05) is 17.3 Å². The topological polar surface area (TPSA) is 73.0 Å². The lowest BCUT2D eigenvalue weighted by molar-refractivity contribution is -0.113. The third kappa shape index (κ3) is 4.95. The summed E-state index contributed by atoms with van der Waals surface area (Å²) >= 11 is 3.02. The van der Waals surface area contributed by atoms with Gasteiger partial charge in [-0.3, -0.25) is 9.36 Å². The van der Waals surface area contributed by atoms with E-state index in [9.17, 15) is 4.79 Å². The van der Waals surface area contributed by atoms with E-state index in [2.05, 4.69) is 15.5 Å². The van der Waals surface area contributed by atoms with Crippen LogP contribution in [0.4, 0.5) is 5.69 Å². The van der Waals surface area contributed by atoms with E-state index in [1.54, 1.807) is 18.0 Å². The van der Waals surface area contributed by atoms with Crippen molar-refractivity contribution in [1.82, 2.24) is 14.8 Å². The Bertz CT molecular complexity index is 1090. The number of hydrogen-bond donors (Lipinski definition) is 1. The number of amides is 1. The zero-order valence-corrected chi connectivity index (χ0v) is 18.0. The van der Waals surface area contributed by atoms with Gasteiger partial charge in [0.15, 0.2) is 10.9 Å². The highest BCUT2D eigenvalue weighted by molar-refractivity contribution is 7.99. The fourth-order valence-corrected chi connectivity index (χ4v) is 4.04. The van der Waals surface area contributed by atoms with Crippen LogP contribution in [0.2, 0.25) is 0 Å². The average Bonchev–Trinajstić information content (AvgIpc) is 3.44. The maximum absolute atomic E-state index is 12.4. The molecule has 0 saturated heterocycles. The molecule has 0 radical (unpaired) electrons. The Morgan fingerprint density at radius 2 is 1.83 bits per heavy atom. The summed E-state index contributed by atoms with van der Waals surface area (Å²) in [5.74, 6) is 1.42. The molecule has 2 aromatic heterocycles. The highest BCUT2D eigenvalue weighted by Crippen LogP contribution is 2.26. The van der Waals surface area contributed by atoms with E-state index < -0.39 is 0 Å². The molecule has 0 bridgehead atoms. The molecule has 1 amide bonds. The first-order chi connectivity index (χ1) is 14.7. The lowest BCUT2D eigenvalue weighted by atomic mass is 10.2. The molecule has 2 heterocycles. The van der Waals surface area contributed by atoms with Gasteiger partial charge in [-0.15, -0.1) is 22.0 Å². The van der Waals surface area contributed by atoms with Gasteiger partial charge in [0, 0.05) is 10.6 Å². The standard InChI is InChI=1S/C22H20N4O2S2/c1-29-18-11-9-17(10-12-18)23-20(27)15-30-22-25-24-21(19-8-5-13-28-19)26(22)14-16-6-3-2-4-7-16/h2-13H,14-15H2,1H3,(H,23,27). The number of anilines is 1. The van der Waals surface area contributed by atoms with Gasteiger partial charge in [-0.1, -0.05) is 42.1 Å². The summed E-state index contributed by atoms with van der Waals surface area (Å²) in [6.07, 6.45) is 3.63. The summed E-state index contributed by atoms with van der Waals surface area (Å²) < 4.78 is 7.49. The summed E-state index contributed by atoms with van der Waals surface area (Å²) in [7, 11) is 0. The normalized spacial score (nSPS) is 10.8. The van der Waals surface area contributed by atoms with Crippen LogP contribution in [0.3, 0.4) is 0 Å². The second-order valence-electron chi connectivity index (χ2n) is 6.42. The molecule has 0 spiro atoms. The number of nitrogens with one attached hydrogen (secondary N) is 1. The number of hydrogen-bond acceptors (Lipinski definition) is 6. The number of benzene rings is 2. The third-order valence-electron chi connectivity index (χ3n) is 4.35. The first-order valence-corrected chi connectivity index (χ1v) is 11.5. The van der Waals surface area contributed by atoms with Gasteiger partial charge in [0.05, 0.1) is 18.6 Å². The third-order valence-corrected chi connectivity index (χ3v) is 6.06. The lowest BCUT2D eigenvalue weighted by Gasteiger charge is -2.10. The van der Waals surface area contributed by atoms with Crippen LogP contribution in [0.15, 0.2) is 87.5 Å². The molecule has 0 fully saturated rings. The molecule has 1 N–H and O–H groups in total. The van der Waals surface area contributed by atoms with Crippen LogP contribution < -0.4 is 5.32 Å². The molecule has 152 valence electrons. The largest absolute Gasteiger partial charge is 0.461 e. The molecule has 6 nitrogen and oxygen atoms in total. The van der Waals surface area contributed by atoms with Crippen molar-refractivity contribution in [3.63, 3.8) is 0 Å². The van der Waals surface area contributed by atoms with Crippen molar-refractivity contribution in [2.45, 2.75) is 16.6 Å². The van der Waals surface area contributed by atoms with Crippen molar-refractivity contribution in [1.29, 1.82) is 0 Å². The molecule has 0 saturated carbocycles. The predicted octanol–water partition coefficient (Wildman–Crippen LogP) is 5.04. The van der Waals surface area contributed by atoms with Crippen LogP contribution in [0.5, 0.6) is 0 Å². The number of nitrogens with zero attached hydrogens (tertiary/aromatic N) is 3. The molecule has 0 aliphatic carbocycles. The van der Waals surface area contributed by atoms with E-state index in [-0.39, 0.29) is 11.7 Å². The smallest absolute Gasteiger partial charge is 0.234 e. The monoisotopic (exact) mass is 436 g/mol. The molecule has 4 aromatic rings. The van der Waals surface area contributed by atoms with Crippen LogP contribution in [-0.2, 0) is 11.3 Å². The average molecular weight is 437 g/mol. The quantitative estimate of drug-likeness (QED) is 0.390. The van der Waals surface area contributed by atoms with Gasteiger partial charge in [-0.2, -0.15) is 0 Å². The first kappa shape index (κ1) is 20.3. The van der Waals surface area contributed by atoms with Gasteiger partial charge in [-0.25, -0.2) is 0 Å². The van der Waals surface area contributed by atoms with Crippen LogP contribution in [0.1, 0.15) is 5.56 Å². The van der Waals surface area contributed by atoms with Gasteiger partial charge < -0.3 is 9.73 Å². The van der Waals surface area contributed by atoms with E-state index >= 15 is 0 Å². The molecule has 0 aliphatic heterocycles. The second-order valence-corrected chi connectivity index (χ2v) is 8.24. The Labute approximate surface area is 183 Å². The number of rotatable bonds is 8. The Balaban J connectivity index is 1.48. The van der Waals surface area contributed by atoms with Gasteiger partial charge in [0.1, 0.15) is 0 Å². The summed E-state index contributed by atoms with van der Waals surface area (Å²) in [6.45, 7) is 0.587. The predicted molar refractivity (Wildman–Crippen MR) is 121 cm³/mol. The highest BCUT2D eigenvalue weighted by Gasteiger charge is 2.18. The van der Waals surface area contributed by atoms with Crippen molar-refractivity contribution in [3.8, 4) is 11.6 Å². The molecule has 0 aliphatic rings. The van der Waals surface area contributed by atoms with Crippen LogP contribution in [-0.4, -0.2) is 32.7 Å². The minimum Gasteiger partial charge on any atom is -0.461 e. The fourth-order valence-electron chi connectivity index (χ4n) is 2.89. The molecule has 4 rings (SSSR count). The molecule has 0 atom stereocenters. The Hall–Kier alpha value is -2.97. The van der Waals surface area contributed by atoms with Crippen LogP contribution in [0, 0.1) is 0 Å². The van der Waals surface area contributed by atoms with Crippen LogP contribution >= 0.6 is 23.5 Å². The molecule has 2 aromatic carbocycles. The Morgan fingerprint density at radius 3 is 2.53 bits per heavy atom. The van der Waals surface area contributed by atoms with E-state index in [1.165, 1.54) is 11.8 Å². The molecule has 0 unspecified atom stereocenters.